The van der Waals surface area contributed by atoms with E-state index < -0.39 is 0 Å². The van der Waals surface area contributed by atoms with Crippen molar-refractivity contribution in [2.75, 3.05) is 18.9 Å². The van der Waals surface area contributed by atoms with Crippen molar-refractivity contribution in [1.29, 1.82) is 0 Å². The summed E-state index contributed by atoms with van der Waals surface area (Å²) in [7, 11) is 1.83. The summed E-state index contributed by atoms with van der Waals surface area (Å²) in [6.07, 6.45) is 4.90. The molecule has 1 aliphatic rings. The molecule has 1 aromatic rings. The minimum absolute atomic E-state index is 0.00975. The highest BCUT2D eigenvalue weighted by Gasteiger charge is 2.35. The molecule has 0 unspecified atom stereocenters. The second-order valence-corrected chi connectivity index (χ2v) is 6.46. The van der Waals surface area contributed by atoms with Gasteiger partial charge < -0.3 is 10.6 Å². The van der Waals surface area contributed by atoms with Crippen LogP contribution in [0, 0.1) is 5.41 Å². The maximum Gasteiger partial charge on any atom is 0.251 e. The summed E-state index contributed by atoms with van der Waals surface area (Å²) in [5.74, 6) is 1.06. The molecule has 1 amide bonds. The first-order valence-corrected chi connectivity index (χ1v) is 7.97. The zero-order valence-corrected chi connectivity index (χ0v) is 13.6. The van der Waals surface area contributed by atoms with Gasteiger partial charge in [-0.15, -0.1) is 0 Å². The molecule has 21 heavy (non-hydrogen) atoms. The summed E-state index contributed by atoms with van der Waals surface area (Å²) in [4.78, 5) is 16.9. The molecule has 4 heteroatoms. The summed E-state index contributed by atoms with van der Waals surface area (Å²) >= 11 is 0. The van der Waals surface area contributed by atoms with Crippen LogP contribution in [-0.4, -0.2) is 24.5 Å². The lowest BCUT2D eigenvalue weighted by Gasteiger charge is -2.41. The average molecular weight is 289 g/mol. The SMILES string of the molecule is CCC1(CNC(=O)c2cc(NC)nc(C(C)C)c2)CCC1. The second-order valence-electron chi connectivity index (χ2n) is 6.46. The van der Waals surface area contributed by atoms with Crippen LogP contribution in [0.15, 0.2) is 12.1 Å². The summed E-state index contributed by atoms with van der Waals surface area (Å²) in [5, 5.41) is 6.15. The van der Waals surface area contributed by atoms with E-state index in [1.165, 1.54) is 19.3 Å². The van der Waals surface area contributed by atoms with Crippen molar-refractivity contribution in [2.24, 2.45) is 5.41 Å². The molecular weight excluding hydrogens is 262 g/mol. The molecule has 0 spiro atoms. The number of hydrogen-bond acceptors (Lipinski definition) is 3. The van der Waals surface area contributed by atoms with E-state index in [1.807, 2.05) is 19.2 Å². The van der Waals surface area contributed by atoms with Crippen LogP contribution in [0.1, 0.15) is 68.4 Å². The van der Waals surface area contributed by atoms with E-state index in [4.69, 9.17) is 0 Å². The lowest BCUT2D eigenvalue weighted by atomic mass is 9.67. The Hall–Kier alpha value is -1.58. The normalized spacial score (nSPS) is 16.4. The lowest BCUT2D eigenvalue weighted by Crippen LogP contribution is -2.41. The number of pyridine rings is 1. The monoisotopic (exact) mass is 289 g/mol. The number of carbonyl (C=O) groups is 1. The molecular formula is C17H27N3O. The highest BCUT2D eigenvalue weighted by molar-refractivity contribution is 5.95. The van der Waals surface area contributed by atoms with Crippen LogP contribution >= 0.6 is 0 Å². The number of amides is 1. The molecule has 1 fully saturated rings. The van der Waals surface area contributed by atoms with Crippen LogP contribution in [0.25, 0.3) is 0 Å². The van der Waals surface area contributed by atoms with Gasteiger partial charge in [0.25, 0.3) is 5.91 Å². The van der Waals surface area contributed by atoms with Gasteiger partial charge in [-0.25, -0.2) is 4.98 Å². The summed E-state index contributed by atoms with van der Waals surface area (Å²) in [6, 6.07) is 3.72. The Balaban J connectivity index is 2.09. The predicted octanol–water partition coefficient (Wildman–Crippen LogP) is 3.56. The molecule has 1 heterocycles. The maximum absolute atomic E-state index is 12.4. The Morgan fingerprint density at radius 2 is 2.10 bits per heavy atom. The molecule has 4 nitrogen and oxygen atoms in total. The number of nitrogens with zero attached hydrogens (tertiary/aromatic N) is 1. The summed E-state index contributed by atoms with van der Waals surface area (Å²) in [6.45, 7) is 7.18. The number of carbonyl (C=O) groups excluding carboxylic acids is 1. The van der Waals surface area contributed by atoms with E-state index in [2.05, 4.69) is 36.4 Å². The van der Waals surface area contributed by atoms with Gasteiger partial charge in [-0.2, -0.15) is 0 Å². The van der Waals surface area contributed by atoms with Gasteiger partial charge in [0.1, 0.15) is 5.82 Å². The fraction of sp³-hybridized carbons (Fsp3) is 0.647. The third kappa shape index (κ3) is 3.55. The summed E-state index contributed by atoms with van der Waals surface area (Å²) < 4.78 is 0. The minimum atomic E-state index is 0.00975. The number of hydrogen-bond donors (Lipinski definition) is 2. The first kappa shape index (κ1) is 15.8. The fourth-order valence-corrected chi connectivity index (χ4v) is 2.81. The molecule has 2 rings (SSSR count). The van der Waals surface area contributed by atoms with Gasteiger partial charge in [0.05, 0.1) is 0 Å². The van der Waals surface area contributed by atoms with Crippen LogP contribution in [0.5, 0.6) is 0 Å². The van der Waals surface area contributed by atoms with Gasteiger partial charge in [0.15, 0.2) is 0 Å². The predicted molar refractivity (Wildman–Crippen MR) is 86.8 cm³/mol. The topological polar surface area (TPSA) is 54.0 Å². The quantitative estimate of drug-likeness (QED) is 0.842. The van der Waals surface area contributed by atoms with Crippen molar-refractivity contribution in [3.63, 3.8) is 0 Å². The zero-order chi connectivity index (χ0) is 15.5. The van der Waals surface area contributed by atoms with E-state index in [-0.39, 0.29) is 5.91 Å². The van der Waals surface area contributed by atoms with Crippen molar-refractivity contribution in [3.05, 3.63) is 23.4 Å². The van der Waals surface area contributed by atoms with Gasteiger partial charge in [0, 0.05) is 24.8 Å². The van der Waals surface area contributed by atoms with E-state index in [9.17, 15) is 4.79 Å². The molecule has 0 radical (unpaired) electrons. The van der Waals surface area contributed by atoms with Gasteiger partial charge in [-0.1, -0.05) is 27.2 Å². The Labute approximate surface area is 127 Å². The number of anilines is 1. The molecule has 0 atom stereocenters. The molecule has 0 aromatic carbocycles. The maximum atomic E-state index is 12.4. The van der Waals surface area contributed by atoms with Crippen LogP contribution in [0.4, 0.5) is 5.82 Å². The van der Waals surface area contributed by atoms with Crippen LogP contribution in [-0.2, 0) is 0 Å². The van der Waals surface area contributed by atoms with Crippen molar-refractivity contribution in [3.8, 4) is 0 Å². The van der Waals surface area contributed by atoms with E-state index >= 15 is 0 Å². The standard InChI is InChI=1S/C17H27N3O/c1-5-17(7-6-8-17)11-19-16(21)13-9-14(12(2)3)20-15(10-13)18-4/h9-10,12H,5-8,11H2,1-4H3,(H,18,20)(H,19,21). The highest BCUT2D eigenvalue weighted by atomic mass is 16.1. The van der Waals surface area contributed by atoms with E-state index in [0.29, 0.717) is 16.9 Å². The Bertz CT molecular complexity index is 501. The number of aromatic nitrogens is 1. The van der Waals surface area contributed by atoms with Crippen LogP contribution in [0.3, 0.4) is 0 Å². The lowest BCUT2D eigenvalue weighted by molar-refractivity contribution is 0.0850. The van der Waals surface area contributed by atoms with Gasteiger partial charge in [0.2, 0.25) is 0 Å². The van der Waals surface area contributed by atoms with Crippen LogP contribution < -0.4 is 10.6 Å². The average Bonchev–Trinajstić information content (AvgIpc) is 2.45. The Morgan fingerprint density at radius 3 is 2.57 bits per heavy atom. The third-order valence-corrected chi connectivity index (χ3v) is 4.74. The Morgan fingerprint density at radius 1 is 1.38 bits per heavy atom. The highest BCUT2D eigenvalue weighted by Crippen LogP contribution is 2.43. The zero-order valence-electron chi connectivity index (χ0n) is 13.6. The fourth-order valence-electron chi connectivity index (χ4n) is 2.81. The molecule has 0 bridgehead atoms. The van der Waals surface area contributed by atoms with Gasteiger partial charge in [-0.05, 0) is 42.7 Å². The van der Waals surface area contributed by atoms with E-state index in [1.54, 1.807) is 0 Å². The van der Waals surface area contributed by atoms with Crippen LogP contribution in [0.2, 0.25) is 0 Å². The van der Waals surface area contributed by atoms with Gasteiger partial charge in [-0.3, -0.25) is 4.79 Å². The van der Waals surface area contributed by atoms with Crippen molar-refractivity contribution < 1.29 is 4.79 Å². The van der Waals surface area contributed by atoms with Crippen molar-refractivity contribution >= 4 is 11.7 Å². The van der Waals surface area contributed by atoms with E-state index in [0.717, 1.165) is 24.5 Å². The number of nitrogens with one attached hydrogen (secondary N) is 2. The molecule has 0 saturated heterocycles. The first-order valence-electron chi connectivity index (χ1n) is 7.97. The molecule has 1 saturated carbocycles. The first-order chi connectivity index (χ1) is 9.99. The molecule has 2 N–H and O–H groups in total. The molecule has 1 aliphatic carbocycles. The summed E-state index contributed by atoms with van der Waals surface area (Å²) in [5.41, 5.74) is 1.99. The number of rotatable bonds is 6. The second kappa shape index (κ2) is 6.46. The van der Waals surface area contributed by atoms with Gasteiger partial charge >= 0.3 is 0 Å². The largest absolute Gasteiger partial charge is 0.373 e. The smallest absolute Gasteiger partial charge is 0.251 e. The molecule has 0 aliphatic heterocycles. The van der Waals surface area contributed by atoms with Crippen molar-refractivity contribution in [2.45, 2.75) is 52.4 Å². The Kier molecular flexibility index (Phi) is 4.86. The molecule has 116 valence electrons. The van der Waals surface area contributed by atoms with Crippen molar-refractivity contribution in [1.82, 2.24) is 10.3 Å². The minimum Gasteiger partial charge on any atom is -0.373 e. The third-order valence-electron chi connectivity index (χ3n) is 4.74. The molecule has 1 aromatic heterocycles.